The van der Waals surface area contributed by atoms with E-state index in [-0.39, 0.29) is 30.8 Å². The van der Waals surface area contributed by atoms with E-state index < -0.39 is 0 Å². The van der Waals surface area contributed by atoms with Gasteiger partial charge in [0, 0.05) is 50.2 Å². The lowest BCUT2D eigenvalue weighted by Gasteiger charge is -2.36. The SMILES string of the molecule is Cc1cc(N2CC(C)CC(C)C2)nc2ccc(NC(=O)CCC(=O)NCC3CCCO3)cc12. The lowest BCUT2D eigenvalue weighted by atomic mass is 9.92. The molecular formula is C26H36N4O3. The highest BCUT2D eigenvalue weighted by molar-refractivity contribution is 5.96. The number of hydrogen-bond donors (Lipinski definition) is 2. The Hall–Kier alpha value is -2.67. The summed E-state index contributed by atoms with van der Waals surface area (Å²) in [5.74, 6) is 2.09. The van der Waals surface area contributed by atoms with Crippen LogP contribution in [0.15, 0.2) is 24.3 Å². The first-order valence-corrected chi connectivity index (χ1v) is 12.2. The molecule has 0 bridgehead atoms. The van der Waals surface area contributed by atoms with Gasteiger partial charge in [0.1, 0.15) is 5.82 Å². The summed E-state index contributed by atoms with van der Waals surface area (Å²) < 4.78 is 5.50. The van der Waals surface area contributed by atoms with Crippen molar-refractivity contribution in [3.05, 3.63) is 29.8 Å². The first-order valence-electron chi connectivity index (χ1n) is 12.2. The minimum Gasteiger partial charge on any atom is -0.376 e. The molecule has 7 nitrogen and oxygen atoms in total. The first kappa shape index (κ1) is 23.5. The highest BCUT2D eigenvalue weighted by Gasteiger charge is 2.23. The number of rotatable bonds is 7. The Balaban J connectivity index is 1.34. The van der Waals surface area contributed by atoms with Crippen LogP contribution in [-0.2, 0) is 14.3 Å². The van der Waals surface area contributed by atoms with Gasteiger partial charge in [-0.2, -0.15) is 0 Å². The zero-order chi connectivity index (χ0) is 23.4. The van der Waals surface area contributed by atoms with Crippen LogP contribution in [0.25, 0.3) is 10.9 Å². The number of hydrogen-bond acceptors (Lipinski definition) is 5. The summed E-state index contributed by atoms with van der Waals surface area (Å²) in [4.78, 5) is 31.7. The molecule has 178 valence electrons. The summed E-state index contributed by atoms with van der Waals surface area (Å²) in [5, 5.41) is 6.81. The third-order valence-corrected chi connectivity index (χ3v) is 6.61. The van der Waals surface area contributed by atoms with Crippen LogP contribution in [0.4, 0.5) is 11.5 Å². The molecule has 4 rings (SSSR count). The number of ether oxygens (including phenoxy) is 1. The zero-order valence-corrected chi connectivity index (χ0v) is 20.0. The molecule has 2 amide bonds. The molecule has 2 aliphatic heterocycles. The molecule has 7 heteroatoms. The monoisotopic (exact) mass is 452 g/mol. The van der Waals surface area contributed by atoms with Crippen molar-refractivity contribution in [1.29, 1.82) is 0 Å². The minimum atomic E-state index is -0.167. The third-order valence-electron chi connectivity index (χ3n) is 6.61. The maximum Gasteiger partial charge on any atom is 0.224 e. The van der Waals surface area contributed by atoms with Crippen molar-refractivity contribution in [2.45, 2.75) is 59.0 Å². The van der Waals surface area contributed by atoms with E-state index in [1.54, 1.807) is 0 Å². The second-order valence-electron chi connectivity index (χ2n) is 9.87. The molecule has 2 N–H and O–H groups in total. The second-order valence-corrected chi connectivity index (χ2v) is 9.87. The van der Waals surface area contributed by atoms with Crippen molar-refractivity contribution in [3.8, 4) is 0 Å². The van der Waals surface area contributed by atoms with Gasteiger partial charge in [-0.25, -0.2) is 4.98 Å². The lowest BCUT2D eigenvalue weighted by molar-refractivity contribution is -0.124. The number of piperidine rings is 1. The highest BCUT2D eigenvalue weighted by Crippen LogP contribution is 2.29. The smallest absolute Gasteiger partial charge is 0.224 e. The normalized spacial score (nSPS) is 23.0. The van der Waals surface area contributed by atoms with Crippen LogP contribution >= 0.6 is 0 Å². The Morgan fingerprint density at radius 3 is 2.61 bits per heavy atom. The molecule has 1 aromatic heterocycles. The molecule has 3 heterocycles. The first-order chi connectivity index (χ1) is 15.9. The molecule has 3 unspecified atom stereocenters. The Morgan fingerprint density at radius 1 is 1.12 bits per heavy atom. The highest BCUT2D eigenvalue weighted by atomic mass is 16.5. The number of nitrogens with one attached hydrogen (secondary N) is 2. The lowest BCUT2D eigenvalue weighted by Crippen LogP contribution is -2.39. The number of amides is 2. The van der Waals surface area contributed by atoms with Gasteiger partial charge < -0.3 is 20.3 Å². The molecule has 0 spiro atoms. The van der Waals surface area contributed by atoms with Crippen LogP contribution in [0, 0.1) is 18.8 Å². The van der Waals surface area contributed by atoms with Crippen LogP contribution < -0.4 is 15.5 Å². The molecule has 0 saturated carbocycles. The van der Waals surface area contributed by atoms with E-state index in [1.165, 1.54) is 6.42 Å². The fraction of sp³-hybridized carbons (Fsp3) is 0.577. The van der Waals surface area contributed by atoms with E-state index in [2.05, 4.69) is 42.4 Å². The third kappa shape index (κ3) is 6.22. The number of aromatic nitrogens is 1. The van der Waals surface area contributed by atoms with Crippen LogP contribution in [-0.4, -0.2) is 49.1 Å². The summed E-state index contributed by atoms with van der Waals surface area (Å²) >= 11 is 0. The topological polar surface area (TPSA) is 83.6 Å². The maximum absolute atomic E-state index is 12.4. The Morgan fingerprint density at radius 2 is 1.88 bits per heavy atom. The summed E-state index contributed by atoms with van der Waals surface area (Å²) in [6, 6.07) is 7.97. The number of carbonyl (C=O) groups is 2. The van der Waals surface area contributed by atoms with Crippen LogP contribution in [0.2, 0.25) is 0 Å². The van der Waals surface area contributed by atoms with Gasteiger partial charge in [-0.05, 0) is 67.9 Å². The summed E-state index contributed by atoms with van der Waals surface area (Å²) in [6.07, 6.45) is 3.72. The summed E-state index contributed by atoms with van der Waals surface area (Å²) in [5.41, 5.74) is 2.80. The fourth-order valence-corrected chi connectivity index (χ4v) is 5.04. The molecular weight excluding hydrogens is 416 g/mol. The molecule has 1 aromatic carbocycles. The van der Waals surface area contributed by atoms with Gasteiger partial charge in [0.15, 0.2) is 0 Å². The van der Waals surface area contributed by atoms with Crippen molar-refractivity contribution < 1.29 is 14.3 Å². The van der Waals surface area contributed by atoms with Gasteiger partial charge in [0.25, 0.3) is 0 Å². The van der Waals surface area contributed by atoms with E-state index >= 15 is 0 Å². The van der Waals surface area contributed by atoms with Crippen molar-refractivity contribution >= 4 is 34.2 Å². The number of aryl methyl sites for hydroxylation is 1. The number of anilines is 2. The summed E-state index contributed by atoms with van der Waals surface area (Å²) in [6.45, 7) is 10.1. The second kappa shape index (κ2) is 10.5. The van der Waals surface area contributed by atoms with Crippen LogP contribution in [0.5, 0.6) is 0 Å². The van der Waals surface area contributed by atoms with Gasteiger partial charge in [-0.15, -0.1) is 0 Å². The van der Waals surface area contributed by atoms with Crippen LogP contribution in [0.3, 0.4) is 0 Å². The van der Waals surface area contributed by atoms with E-state index in [9.17, 15) is 9.59 Å². The molecule has 2 saturated heterocycles. The molecule has 33 heavy (non-hydrogen) atoms. The summed E-state index contributed by atoms with van der Waals surface area (Å²) in [7, 11) is 0. The van der Waals surface area contributed by atoms with E-state index in [4.69, 9.17) is 9.72 Å². The molecule has 3 atom stereocenters. The maximum atomic E-state index is 12.4. The Kier molecular flexibility index (Phi) is 7.48. The predicted octanol–water partition coefficient (Wildman–Crippen LogP) is 4.04. The number of nitrogens with zero attached hydrogens (tertiary/aromatic N) is 2. The van der Waals surface area contributed by atoms with E-state index in [0.29, 0.717) is 18.4 Å². The van der Waals surface area contributed by atoms with Crippen LogP contribution in [0.1, 0.15) is 51.5 Å². The van der Waals surface area contributed by atoms with E-state index in [1.807, 2.05) is 18.2 Å². The van der Waals surface area contributed by atoms with Gasteiger partial charge in [-0.3, -0.25) is 9.59 Å². The van der Waals surface area contributed by atoms with Gasteiger partial charge >= 0.3 is 0 Å². The predicted molar refractivity (Wildman–Crippen MR) is 131 cm³/mol. The molecule has 0 aliphatic carbocycles. The molecule has 0 radical (unpaired) electrons. The van der Waals surface area contributed by atoms with Crippen molar-refractivity contribution in [2.24, 2.45) is 11.8 Å². The number of benzene rings is 1. The quantitative estimate of drug-likeness (QED) is 0.662. The number of carbonyl (C=O) groups excluding carboxylic acids is 2. The molecule has 2 aromatic rings. The zero-order valence-electron chi connectivity index (χ0n) is 20.0. The molecule has 2 aliphatic rings. The standard InChI is InChI=1S/C26H36N4O3/c1-17-11-18(2)16-30(15-17)24-12-19(3)22-13-20(6-7-23(22)29-24)28-26(32)9-8-25(31)27-14-21-5-4-10-33-21/h6-7,12-13,17-18,21H,4-5,8-11,14-16H2,1-3H3,(H,27,31)(H,28,32). The van der Waals surface area contributed by atoms with Gasteiger partial charge in [0.2, 0.25) is 11.8 Å². The van der Waals surface area contributed by atoms with Crippen molar-refractivity contribution in [2.75, 3.05) is 36.5 Å². The number of pyridine rings is 1. The fourth-order valence-electron chi connectivity index (χ4n) is 5.04. The minimum absolute atomic E-state index is 0.111. The Labute approximate surface area is 196 Å². The molecule has 2 fully saturated rings. The van der Waals surface area contributed by atoms with Gasteiger partial charge in [0.05, 0.1) is 11.6 Å². The van der Waals surface area contributed by atoms with Crippen molar-refractivity contribution in [1.82, 2.24) is 10.3 Å². The van der Waals surface area contributed by atoms with Crippen molar-refractivity contribution in [3.63, 3.8) is 0 Å². The average Bonchev–Trinajstić information content (AvgIpc) is 3.29. The Bertz CT molecular complexity index is 992. The van der Waals surface area contributed by atoms with Gasteiger partial charge in [-0.1, -0.05) is 13.8 Å². The number of fused-ring (bicyclic) bond motifs is 1. The largest absolute Gasteiger partial charge is 0.376 e. The average molecular weight is 453 g/mol. The van der Waals surface area contributed by atoms with E-state index in [0.717, 1.165) is 60.5 Å².